The molecule has 0 unspecified atom stereocenters. The van der Waals surface area contributed by atoms with Crippen LogP contribution in [0.1, 0.15) is 15.9 Å². The van der Waals surface area contributed by atoms with E-state index in [1.54, 1.807) is 0 Å². The average molecular weight is 352 g/mol. The van der Waals surface area contributed by atoms with Gasteiger partial charge in [0.2, 0.25) is 10.0 Å². The number of benzene rings is 2. The fraction of sp³-hybridized carbons (Fsp3) is 0.0667. The summed E-state index contributed by atoms with van der Waals surface area (Å²) < 4.78 is 49.7. The molecule has 2 N–H and O–H groups in total. The third-order valence-corrected chi connectivity index (χ3v) is 4.52. The van der Waals surface area contributed by atoms with Crippen LogP contribution in [-0.4, -0.2) is 20.1 Å². The Labute approximate surface area is 135 Å². The first-order valence-corrected chi connectivity index (χ1v) is 8.20. The van der Waals surface area contributed by atoms with Gasteiger partial charge < -0.3 is 4.90 Å². The number of halogens is 2. The third kappa shape index (κ3) is 2.68. The molecule has 3 rings (SSSR count). The maximum atomic E-state index is 13.8. The third-order valence-electron chi connectivity index (χ3n) is 3.61. The van der Waals surface area contributed by atoms with E-state index in [1.165, 1.54) is 6.07 Å². The highest BCUT2D eigenvalue weighted by molar-refractivity contribution is 7.89. The van der Waals surface area contributed by atoms with Gasteiger partial charge in [0.05, 0.1) is 22.7 Å². The monoisotopic (exact) mass is 352 g/mol. The van der Waals surface area contributed by atoms with Gasteiger partial charge in [-0.1, -0.05) is 0 Å². The van der Waals surface area contributed by atoms with E-state index in [0.717, 1.165) is 35.2 Å². The molecule has 0 radical (unpaired) electrons. The van der Waals surface area contributed by atoms with Gasteiger partial charge in [-0.25, -0.2) is 22.3 Å². The Hall–Kier alpha value is -2.65. The number of ketones is 1. The molecule has 0 aromatic heterocycles. The maximum absolute atomic E-state index is 13.8. The summed E-state index contributed by atoms with van der Waals surface area (Å²) in [6.45, 7) is -0.365. The normalized spacial score (nSPS) is 14.2. The molecule has 2 aromatic carbocycles. The Balaban J connectivity index is 2.05. The summed E-state index contributed by atoms with van der Waals surface area (Å²) >= 11 is 0. The van der Waals surface area contributed by atoms with Crippen LogP contribution in [0.4, 0.5) is 14.5 Å². The van der Waals surface area contributed by atoms with E-state index in [9.17, 15) is 26.8 Å². The van der Waals surface area contributed by atoms with E-state index in [1.807, 2.05) is 0 Å². The summed E-state index contributed by atoms with van der Waals surface area (Å²) in [6.07, 6.45) is 0. The minimum Gasteiger partial charge on any atom is -0.300 e. The number of rotatable bonds is 3. The van der Waals surface area contributed by atoms with Gasteiger partial charge in [-0.15, -0.1) is 0 Å². The molecule has 0 bridgehead atoms. The Kier molecular flexibility index (Phi) is 3.69. The number of hydrogen-bond acceptors (Lipinski definition) is 4. The average Bonchev–Trinajstić information content (AvgIpc) is 2.75. The molecule has 1 amide bonds. The van der Waals surface area contributed by atoms with E-state index >= 15 is 0 Å². The van der Waals surface area contributed by atoms with Gasteiger partial charge in [0.25, 0.3) is 11.7 Å². The largest absolute Gasteiger partial charge is 0.300 e. The molecule has 9 heteroatoms. The highest BCUT2D eigenvalue weighted by Gasteiger charge is 2.37. The van der Waals surface area contributed by atoms with Gasteiger partial charge in [0, 0.05) is 5.56 Å². The number of nitrogens with two attached hydrogens (primary N) is 1. The zero-order valence-corrected chi connectivity index (χ0v) is 12.8. The highest BCUT2D eigenvalue weighted by atomic mass is 32.2. The summed E-state index contributed by atoms with van der Waals surface area (Å²) in [5.41, 5.74) is -0.149. The summed E-state index contributed by atoms with van der Waals surface area (Å²) in [5, 5.41) is 5.00. The van der Waals surface area contributed by atoms with Crippen molar-refractivity contribution in [2.24, 2.45) is 5.14 Å². The molecular weight excluding hydrogens is 342 g/mol. The Morgan fingerprint density at radius 3 is 2.42 bits per heavy atom. The molecule has 1 aliphatic heterocycles. The van der Waals surface area contributed by atoms with Gasteiger partial charge in [-0.3, -0.25) is 9.59 Å². The second-order valence-corrected chi connectivity index (χ2v) is 6.74. The van der Waals surface area contributed by atoms with Crippen molar-refractivity contribution in [2.45, 2.75) is 11.4 Å². The lowest BCUT2D eigenvalue weighted by molar-refractivity contribution is -0.114. The smallest absolute Gasteiger partial charge is 0.299 e. The minimum absolute atomic E-state index is 0.112. The van der Waals surface area contributed by atoms with Crippen LogP contribution in [0.5, 0.6) is 0 Å². The summed E-state index contributed by atoms with van der Waals surface area (Å²) in [5.74, 6) is -3.31. The minimum atomic E-state index is -4.05. The first-order valence-electron chi connectivity index (χ1n) is 6.65. The van der Waals surface area contributed by atoms with Crippen LogP contribution in [0.15, 0.2) is 41.3 Å². The number of carbonyl (C=O) groups is 2. The fourth-order valence-electron chi connectivity index (χ4n) is 2.45. The lowest BCUT2D eigenvalue weighted by Gasteiger charge is -2.17. The van der Waals surface area contributed by atoms with Crippen LogP contribution < -0.4 is 10.0 Å². The van der Waals surface area contributed by atoms with E-state index in [-0.39, 0.29) is 28.3 Å². The number of amides is 1. The van der Waals surface area contributed by atoms with Crippen molar-refractivity contribution < 1.29 is 26.8 Å². The lowest BCUT2D eigenvalue weighted by atomic mass is 10.1. The number of anilines is 1. The van der Waals surface area contributed by atoms with Crippen molar-refractivity contribution in [3.05, 3.63) is 59.2 Å². The van der Waals surface area contributed by atoms with Crippen LogP contribution in [0.3, 0.4) is 0 Å². The SMILES string of the molecule is NS(=O)(=O)c1ccc2c(c1)C(=O)C(=O)N2Cc1cc(F)ccc1F. The Morgan fingerprint density at radius 1 is 1.04 bits per heavy atom. The number of Topliss-reactive ketones (excluding diaryl/α,β-unsaturated/α-hetero) is 1. The zero-order chi connectivity index (χ0) is 17.6. The molecule has 0 saturated carbocycles. The topological polar surface area (TPSA) is 97.5 Å². The molecule has 1 heterocycles. The van der Waals surface area contributed by atoms with E-state index in [0.29, 0.717) is 0 Å². The van der Waals surface area contributed by atoms with Crippen molar-refractivity contribution in [3.8, 4) is 0 Å². The van der Waals surface area contributed by atoms with Crippen molar-refractivity contribution in [1.82, 2.24) is 0 Å². The number of hydrogen-bond donors (Lipinski definition) is 1. The van der Waals surface area contributed by atoms with E-state index in [4.69, 9.17) is 5.14 Å². The number of sulfonamides is 1. The molecule has 0 atom stereocenters. The van der Waals surface area contributed by atoms with Gasteiger partial charge in [0.15, 0.2) is 0 Å². The first kappa shape index (κ1) is 16.2. The van der Waals surface area contributed by atoms with Crippen molar-refractivity contribution in [2.75, 3.05) is 4.90 Å². The van der Waals surface area contributed by atoms with E-state index < -0.39 is 33.3 Å². The highest BCUT2D eigenvalue weighted by Crippen LogP contribution is 2.32. The van der Waals surface area contributed by atoms with Crippen LogP contribution in [0, 0.1) is 11.6 Å². The van der Waals surface area contributed by atoms with Crippen molar-refractivity contribution in [1.29, 1.82) is 0 Å². The molecule has 6 nitrogen and oxygen atoms in total. The number of nitrogens with zero attached hydrogens (tertiary/aromatic N) is 1. The lowest BCUT2D eigenvalue weighted by Crippen LogP contribution is -2.29. The van der Waals surface area contributed by atoms with Crippen LogP contribution >= 0.6 is 0 Å². The van der Waals surface area contributed by atoms with Gasteiger partial charge in [-0.2, -0.15) is 0 Å². The van der Waals surface area contributed by atoms with E-state index in [2.05, 4.69) is 0 Å². The summed E-state index contributed by atoms with van der Waals surface area (Å²) in [6, 6.07) is 6.13. The molecule has 0 saturated heterocycles. The van der Waals surface area contributed by atoms with Crippen LogP contribution in [0.25, 0.3) is 0 Å². The molecule has 1 aliphatic rings. The van der Waals surface area contributed by atoms with Gasteiger partial charge in [-0.05, 0) is 36.4 Å². The van der Waals surface area contributed by atoms with Crippen LogP contribution in [-0.2, 0) is 21.4 Å². The Bertz CT molecular complexity index is 989. The molecular formula is C15H10F2N2O4S. The van der Waals surface area contributed by atoms with Crippen molar-refractivity contribution >= 4 is 27.4 Å². The summed E-state index contributed by atoms with van der Waals surface area (Å²) in [4.78, 5) is 24.8. The van der Waals surface area contributed by atoms with Crippen LogP contribution in [0.2, 0.25) is 0 Å². The fourth-order valence-corrected chi connectivity index (χ4v) is 2.99. The van der Waals surface area contributed by atoms with Gasteiger partial charge in [0.1, 0.15) is 11.6 Å². The molecule has 24 heavy (non-hydrogen) atoms. The predicted octanol–water partition coefficient (Wildman–Crippen LogP) is 1.34. The second kappa shape index (κ2) is 5.46. The number of carbonyl (C=O) groups excluding carboxylic acids is 2. The number of primary sulfonamides is 1. The molecule has 0 spiro atoms. The summed E-state index contributed by atoms with van der Waals surface area (Å²) in [7, 11) is -4.05. The van der Waals surface area contributed by atoms with Crippen molar-refractivity contribution in [3.63, 3.8) is 0 Å². The zero-order valence-electron chi connectivity index (χ0n) is 12.0. The first-order chi connectivity index (χ1) is 11.2. The number of fused-ring (bicyclic) bond motifs is 1. The molecule has 2 aromatic rings. The predicted molar refractivity (Wildman–Crippen MR) is 79.7 cm³/mol. The Morgan fingerprint density at radius 2 is 1.75 bits per heavy atom. The van der Waals surface area contributed by atoms with Gasteiger partial charge >= 0.3 is 0 Å². The molecule has 0 aliphatic carbocycles. The second-order valence-electron chi connectivity index (χ2n) is 5.18. The quantitative estimate of drug-likeness (QED) is 0.843. The molecule has 0 fully saturated rings. The maximum Gasteiger partial charge on any atom is 0.299 e. The molecule has 124 valence electrons. The standard InChI is InChI=1S/C15H10F2N2O4S/c16-9-1-3-12(17)8(5-9)7-19-13-4-2-10(24(18,22)23)6-11(13)14(20)15(19)21/h1-6H,7H2,(H2,18,22,23).